The lowest BCUT2D eigenvalue weighted by Crippen LogP contribution is -2.10. The molecule has 0 saturated carbocycles. The van der Waals surface area contributed by atoms with Crippen molar-refractivity contribution >= 4 is 22.8 Å². The molecule has 0 N–H and O–H groups in total. The molecule has 21 heavy (non-hydrogen) atoms. The molecule has 0 aliphatic carbocycles. The molecule has 0 fully saturated rings. The van der Waals surface area contributed by atoms with Crippen LogP contribution in [0.1, 0.15) is 24.1 Å². The summed E-state index contributed by atoms with van der Waals surface area (Å²) in [7, 11) is 1.95. The molecular weight excluding hydrogens is 288 g/mol. The fraction of sp³-hybridized carbons (Fsp3) is 0.429. The molecule has 0 amide bonds. The Kier molecular flexibility index (Phi) is 3.88. The second-order valence-corrected chi connectivity index (χ2v) is 5.24. The van der Waals surface area contributed by atoms with Gasteiger partial charge in [-0.25, -0.2) is 4.98 Å². The first kappa shape index (κ1) is 14.0. The molecular formula is C14H17ClN6. The van der Waals surface area contributed by atoms with Crippen LogP contribution in [0.5, 0.6) is 0 Å². The van der Waals surface area contributed by atoms with Crippen molar-refractivity contribution in [3.63, 3.8) is 0 Å². The van der Waals surface area contributed by atoms with E-state index >= 15 is 0 Å². The molecule has 0 saturated heterocycles. The molecule has 3 aromatic heterocycles. The summed E-state index contributed by atoms with van der Waals surface area (Å²) in [5, 5.41) is 12.6. The van der Waals surface area contributed by atoms with Gasteiger partial charge >= 0.3 is 0 Å². The molecule has 0 aromatic carbocycles. The zero-order valence-electron chi connectivity index (χ0n) is 12.1. The van der Waals surface area contributed by atoms with Crippen LogP contribution >= 0.6 is 11.6 Å². The van der Waals surface area contributed by atoms with Crippen LogP contribution in [0.2, 0.25) is 0 Å². The van der Waals surface area contributed by atoms with Crippen LogP contribution in [0.4, 0.5) is 0 Å². The first-order valence-electron chi connectivity index (χ1n) is 6.98. The van der Waals surface area contributed by atoms with E-state index in [1.165, 1.54) is 0 Å². The van der Waals surface area contributed by atoms with Crippen LogP contribution in [0.3, 0.4) is 0 Å². The van der Waals surface area contributed by atoms with Crippen LogP contribution < -0.4 is 0 Å². The molecule has 0 atom stereocenters. The van der Waals surface area contributed by atoms with Gasteiger partial charge in [0.2, 0.25) is 0 Å². The second-order valence-electron chi connectivity index (χ2n) is 4.86. The maximum absolute atomic E-state index is 5.92. The van der Waals surface area contributed by atoms with Crippen molar-refractivity contribution in [2.24, 2.45) is 7.05 Å². The molecule has 3 aromatic rings. The summed E-state index contributed by atoms with van der Waals surface area (Å²) in [6.07, 6.45) is 3.26. The smallest absolute Gasteiger partial charge is 0.159 e. The van der Waals surface area contributed by atoms with Gasteiger partial charge in [-0.1, -0.05) is 6.92 Å². The average Bonchev–Trinajstić information content (AvgIpc) is 2.99. The van der Waals surface area contributed by atoms with Crippen LogP contribution in [0.25, 0.3) is 11.2 Å². The van der Waals surface area contributed by atoms with Gasteiger partial charge in [-0.3, -0.25) is 4.68 Å². The van der Waals surface area contributed by atoms with Crippen molar-refractivity contribution in [2.45, 2.75) is 26.3 Å². The van der Waals surface area contributed by atoms with Gasteiger partial charge in [-0.15, -0.1) is 11.6 Å². The summed E-state index contributed by atoms with van der Waals surface area (Å²) in [4.78, 5) is 4.74. The van der Waals surface area contributed by atoms with Gasteiger partial charge in [0.05, 0.1) is 17.9 Å². The third-order valence-electron chi connectivity index (χ3n) is 3.47. The number of nitrogens with zero attached hydrogens (tertiary/aromatic N) is 6. The van der Waals surface area contributed by atoms with E-state index in [9.17, 15) is 0 Å². The number of alkyl halides is 1. The lowest BCUT2D eigenvalue weighted by molar-refractivity contribution is 0.674. The van der Waals surface area contributed by atoms with E-state index in [0.717, 1.165) is 41.2 Å². The van der Waals surface area contributed by atoms with Gasteiger partial charge in [0.25, 0.3) is 0 Å². The van der Waals surface area contributed by atoms with Crippen molar-refractivity contribution in [3.05, 3.63) is 35.5 Å². The predicted molar refractivity (Wildman–Crippen MR) is 81.4 cm³/mol. The Morgan fingerprint density at radius 2 is 2.19 bits per heavy atom. The van der Waals surface area contributed by atoms with Gasteiger partial charge in [-0.2, -0.15) is 15.3 Å². The summed E-state index contributed by atoms with van der Waals surface area (Å²) in [5.74, 6) is 1.51. The number of aryl methyl sites for hydroxylation is 3. The van der Waals surface area contributed by atoms with E-state index in [2.05, 4.69) is 26.8 Å². The Bertz CT molecular complexity index is 746. The van der Waals surface area contributed by atoms with Crippen molar-refractivity contribution in [1.82, 2.24) is 29.5 Å². The summed E-state index contributed by atoms with van der Waals surface area (Å²) < 4.78 is 4.02. The zero-order valence-corrected chi connectivity index (χ0v) is 12.9. The molecule has 0 unspecified atom stereocenters. The maximum Gasteiger partial charge on any atom is 0.159 e. The van der Waals surface area contributed by atoms with E-state index < -0.39 is 0 Å². The normalized spacial score (nSPS) is 11.4. The number of aromatic nitrogens is 6. The molecule has 110 valence electrons. The average molecular weight is 305 g/mol. The van der Waals surface area contributed by atoms with Gasteiger partial charge in [0.1, 0.15) is 11.3 Å². The lowest BCUT2D eigenvalue weighted by atomic mass is 10.3. The minimum atomic E-state index is 0.540. The third kappa shape index (κ3) is 2.51. The van der Waals surface area contributed by atoms with Crippen LogP contribution in [-0.4, -0.2) is 35.4 Å². The van der Waals surface area contributed by atoms with Gasteiger partial charge in [0.15, 0.2) is 5.65 Å². The Hall–Kier alpha value is -1.95. The quantitative estimate of drug-likeness (QED) is 0.676. The molecule has 0 aliphatic heterocycles. The SMILES string of the molecule is CCc1nn(C)c2c1nc(CCCl)n2Cc1cccnn1. The van der Waals surface area contributed by atoms with Crippen molar-refractivity contribution < 1.29 is 0 Å². The number of imidazole rings is 1. The Balaban J connectivity index is 2.13. The largest absolute Gasteiger partial charge is 0.307 e. The number of rotatable bonds is 5. The molecule has 7 heteroatoms. The van der Waals surface area contributed by atoms with Crippen molar-refractivity contribution in [1.29, 1.82) is 0 Å². The second kappa shape index (κ2) is 5.81. The first-order valence-corrected chi connectivity index (χ1v) is 7.51. The summed E-state index contributed by atoms with van der Waals surface area (Å²) in [5.41, 5.74) is 3.88. The maximum atomic E-state index is 5.92. The molecule has 3 heterocycles. The molecule has 0 spiro atoms. The third-order valence-corrected chi connectivity index (χ3v) is 3.66. The highest BCUT2D eigenvalue weighted by Gasteiger charge is 2.18. The monoisotopic (exact) mass is 304 g/mol. The number of hydrogen-bond donors (Lipinski definition) is 0. The lowest BCUT2D eigenvalue weighted by Gasteiger charge is -2.08. The highest BCUT2D eigenvalue weighted by atomic mass is 35.5. The molecule has 0 aliphatic rings. The van der Waals surface area contributed by atoms with Gasteiger partial charge in [-0.05, 0) is 18.6 Å². The highest BCUT2D eigenvalue weighted by molar-refractivity contribution is 6.17. The number of hydrogen-bond acceptors (Lipinski definition) is 4. The van der Waals surface area contributed by atoms with E-state index in [1.54, 1.807) is 6.20 Å². The fourth-order valence-corrected chi connectivity index (χ4v) is 2.72. The first-order chi connectivity index (χ1) is 10.2. The summed E-state index contributed by atoms with van der Waals surface area (Å²) in [6, 6.07) is 3.85. The van der Waals surface area contributed by atoms with E-state index in [1.807, 2.05) is 23.9 Å². The minimum Gasteiger partial charge on any atom is -0.307 e. The Labute approximate surface area is 127 Å². The van der Waals surface area contributed by atoms with Crippen molar-refractivity contribution in [3.8, 4) is 0 Å². The van der Waals surface area contributed by atoms with E-state index in [-0.39, 0.29) is 0 Å². The zero-order chi connectivity index (χ0) is 14.8. The summed E-state index contributed by atoms with van der Waals surface area (Å²) in [6.45, 7) is 2.71. The van der Waals surface area contributed by atoms with Gasteiger partial charge in [0, 0.05) is 25.5 Å². The fourth-order valence-electron chi connectivity index (χ4n) is 2.55. The van der Waals surface area contributed by atoms with Crippen LogP contribution in [0, 0.1) is 0 Å². The molecule has 6 nitrogen and oxygen atoms in total. The van der Waals surface area contributed by atoms with Gasteiger partial charge < -0.3 is 4.57 Å². The topological polar surface area (TPSA) is 61.4 Å². The Morgan fingerprint density at radius 3 is 2.86 bits per heavy atom. The Morgan fingerprint density at radius 1 is 1.33 bits per heavy atom. The van der Waals surface area contributed by atoms with Crippen LogP contribution in [-0.2, 0) is 26.4 Å². The molecule has 0 bridgehead atoms. The predicted octanol–water partition coefficient (Wildman–Crippen LogP) is 1.95. The molecule has 3 rings (SSSR count). The summed E-state index contributed by atoms with van der Waals surface area (Å²) >= 11 is 5.92. The van der Waals surface area contributed by atoms with E-state index in [0.29, 0.717) is 12.4 Å². The number of halogens is 1. The highest BCUT2D eigenvalue weighted by Crippen LogP contribution is 2.21. The van der Waals surface area contributed by atoms with Crippen molar-refractivity contribution in [2.75, 3.05) is 5.88 Å². The number of fused-ring (bicyclic) bond motifs is 1. The minimum absolute atomic E-state index is 0.540. The van der Waals surface area contributed by atoms with Crippen LogP contribution in [0.15, 0.2) is 18.3 Å². The van der Waals surface area contributed by atoms with E-state index in [4.69, 9.17) is 16.6 Å². The standard InChI is InChI=1S/C14H17ClN6/c1-3-11-13-14(20(2)19-11)21(12(17-13)6-7-15)9-10-5-4-8-16-18-10/h4-5,8H,3,6-7,9H2,1-2H3. The molecule has 0 radical (unpaired) electrons.